The van der Waals surface area contributed by atoms with E-state index in [9.17, 15) is 4.79 Å². The number of ether oxygens (including phenoxy) is 1. The Balaban J connectivity index is 2.53. The number of hydrogen-bond acceptors (Lipinski definition) is 4. The Hall–Kier alpha value is -1.95. The van der Waals surface area contributed by atoms with E-state index >= 15 is 0 Å². The average Bonchev–Trinajstić information content (AvgIpc) is 2.81. The molecule has 2 aromatic rings. The number of nitrogens with zero attached hydrogens (tertiary/aromatic N) is 2. The molecule has 1 N–H and O–H groups in total. The molecular formula is C14H16N2O3S. The van der Waals surface area contributed by atoms with Crippen LogP contribution in [0.25, 0.3) is 11.0 Å². The molecule has 20 heavy (non-hydrogen) atoms. The summed E-state index contributed by atoms with van der Waals surface area (Å²) in [5.41, 5.74) is 1.72. The summed E-state index contributed by atoms with van der Waals surface area (Å²) in [5.74, 6) is -0.162. The van der Waals surface area contributed by atoms with Crippen molar-refractivity contribution >= 4 is 28.8 Å². The largest absolute Gasteiger partial charge is 0.497 e. The number of aliphatic carboxylic acids is 1. The SMILES string of the molecule is C=CC(C)n1c(SCC(=O)O)nc2cc(OC)ccc21. The van der Waals surface area contributed by atoms with Gasteiger partial charge in [-0.15, -0.1) is 6.58 Å². The van der Waals surface area contributed by atoms with Crippen LogP contribution in [0.4, 0.5) is 0 Å². The van der Waals surface area contributed by atoms with Gasteiger partial charge in [-0.1, -0.05) is 17.8 Å². The molecule has 0 saturated carbocycles. The fourth-order valence-electron chi connectivity index (χ4n) is 1.91. The summed E-state index contributed by atoms with van der Waals surface area (Å²) in [4.78, 5) is 15.2. The van der Waals surface area contributed by atoms with Crippen molar-refractivity contribution in [2.75, 3.05) is 12.9 Å². The van der Waals surface area contributed by atoms with Crippen molar-refractivity contribution in [2.24, 2.45) is 0 Å². The van der Waals surface area contributed by atoms with Gasteiger partial charge in [-0.2, -0.15) is 0 Å². The van der Waals surface area contributed by atoms with E-state index in [0.29, 0.717) is 5.16 Å². The highest BCUT2D eigenvalue weighted by Crippen LogP contribution is 2.30. The van der Waals surface area contributed by atoms with E-state index in [1.54, 1.807) is 13.2 Å². The molecule has 0 aliphatic carbocycles. The van der Waals surface area contributed by atoms with Gasteiger partial charge < -0.3 is 14.4 Å². The predicted molar refractivity (Wildman–Crippen MR) is 79.6 cm³/mol. The first-order chi connectivity index (χ1) is 9.56. The van der Waals surface area contributed by atoms with Crippen LogP contribution >= 0.6 is 11.8 Å². The number of aromatic nitrogens is 2. The number of imidazole rings is 1. The summed E-state index contributed by atoms with van der Waals surface area (Å²) in [6.45, 7) is 5.78. The number of carboxylic acid groups (broad SMARTS) is 1. The molecule has 1 aromatic heterocycles. The van der Waals surface area contributed by atoms with Crippen LogP contribution in [0.15, 0.2) is 36.0 Å². The Bertz CT molecular complexity index is 651. The molecule has 0 amide bonds. The zero-order chi connectivity index (χ0) is 14.7. The van der Waals surface area contributed by atoms with Gasteiger partial charge in [-0.25, -0.2) is 4.98 Å². The molecule has 0 aliphatic heterocycles. The van der Waals surface area contributed by atoms with E-state index < -0.39 is 5.97 Å². The molecule has 1 unspecified atom stereocenters. The molecule has 0 saturated heterocycles. The van der Waals surface area contributed by atoms with Gasteiger partial charge in [0.05, 0.1) is 29.9 Å². The van der Waals surface area contributed by atoms with Crippen molar-refractivity contribution < 1.29 is 14.6 Å². The fourth-order valence-corrected chi connectivity index (χ4v) is 2.73. The first-order valence-corrected chi connectivity index (χ1v) is 7.08. The molecular weight excluding hydrogens is 276 g/mol. The molecule has 6 heteroatoms. The Kier molecular flexibility index (Phi) is 4.34. The Morgan fingerprint density at radius 1 is 1.65 bits per heavy atom. The smallest absolute Gasteiger partial charge is 0.313 e. The van der Waals surface area contributed by atoms with Crippen LogP contribution in [0.2, 0.25) is 0 Å². The first-order valence-electron chi connectivity index (χ1n) is 6.10. The van der Waals surface area contributed by atoms with Crippen molar-refractivity contribution in [2.45, 2.75) is 18.1 Å². The van der Waals surface area contributed by atoms with E-state index in [1.165, 1.54) is 11.8 Å². The van der Waals surface area contributed by atoms with Gasteiger partial charge in [0.15, 0.2) is 5.16 Å². The lowest BCUT2D eigenvalue weighted by atomic mass is 10.2. The maximum Gasteiger partial charge on any atom is 0.313 e. The van der Waals surface area contributed by atoms with Crippen molar-refractivity contribution in [3.63, 3.8) is 0 Å². The highest BCUT2D eigenvalue weighted by atomic mass is 32.2. The van der Waals surface area contributed by atoms with Gasteiger partial charge in [0, 0.05) is 6.07 Å². The minimum absolute atomic E-state index is 0.0235. The van der Waals surface area contributed by atoms with Crippen LogP contribution in [0, 0.1) is 0 Å². The summed E-state index contributed by atoms with van der Waals surface area (Å²) in [6.07, 6.45) is 1.80. The van der Waals surface area contributed by atoms with Crippen molar-refractivity contribution in [1.29, 1.82) is 0 Å². The molecule has 0 bridgehead atoms. The summed E-state index contributed by atoms with van der Waals surface area (Å²) < 4.78 is 7.17. The summed E-state index contributed by atoms with van der Waals surface area (Å²) in [6, 6.07) is 5.66. The number of allylic oxidation sites excluding steroid dienone is 1. The van der Waals surface area contributed by atoms with Gasteiger partial charge in [0.2, 0.25) is 0 Å². The van der Waals surface area contributed by atoms with Crippen LogP contribution in [0.1, 0.15) is 13.0 Å². The summed E-state index contributed by atoms with van der Waals surface area (Å²) >= 11 is 1.20. The number of rotatable bonds is 6. The van der Waals surface area contributed by atoms with Gasteiger partial charge in [0.1, 0.15) is 5.75 Å². The van der Waals surface area contributed by atoms with E-state index in [4.69, 9.17) is 9.84 Å². The zero-order valence-corrected chi connectivity index (χ0v) is 12.2. The van der Waals surface area contributed by atoms with Crippen molar-refractivity contribution in [3.05, 3.63) is 30.9 Å². The predicted octanol–water partition coefficient (Wildman–Crippen LogP) is 2.97. The number of carbonyl (C=O) groups is 1. The lowest BCUT2D eigenvalue weighted by Gasteiger charge is -2.13. The Morgan fingerprint density at radius 2 is 2.40 bits per heavy atom. The molecule has 1 aromatic carbocycles. The number of methoxy groups -OCH3 is 1. The second-order valence-corrected chi connectivity index (χ2v) is 5.22. The summed E-state index contributed by atoms with van der Waals surface area (Å²) in [7, 11) is 1.60. The maximum absolute atomic E-state index is 10.7. The van der Waals surface area contributed by atoms with Crippen LogP contribution < -0.4 is 4.74 Å². The van der Waals surface area contributed by atoms with E-state index in [0.717, 1.165) is 16.8 Å². The number of thioether (sulfide) groups is 1. The second kappa shape index (κ2) is 6.00. The third-order valence-corrected chi connectivity index (χ3v) is 3.87. The van der Waals surface area contributed by atoms with Gasteiger partial charge in [-0.3, -0.25) is 4.79 Å². The molecule has 0 aliphatic rings. The summed E-state index contributed by atoms with van der Waals surface area (Å²) in [5, 5.41) is 9.49. The number of hydrogen-bond donors (Lipinski definition) is 1. The average molecular weight is 292 g/mol. The molecule has 1 atom stereocenters. The minimum atomic E-state index is -0.863. The van der Waals surface area contributed by atoms with Crippen molar-refractivity contribution in [1.82, 2.24) is 9.55 Å². The highest BCUT2D eigenvalue weighted by molar-refractivity contribution is 7.99. The van der Waals surface area contributed by atoms with Gasteiger partial charge in [0.25, 0.3) is 0 Å². The normalized spacial score (nSPS) is 12.3. The standard InChI is InChI=1S/C14H16N2O3S/c1-4-9(2)16-12-6-5-10(19-3)7-11(12)15-14(16)20-8-13(17)18/h4-7,9H,1,8H2,2-3H3,(H,17,18). The van der Waals surface area contributed by atoms with Crippen LogP contribution in [-0.2, 0) is 4.79 Å². The fraction of sp³-hybridized carbons (Fsp3) is 0.286. The number of fused-ring (bicyclic) bond motifs is 1. The van der Waals surface area contributed by atoms with E-state index in [-0.39, 0.29) is 11.8 Å². The quantitative estimate of drug-likeness (QED) is 0.655. The van der Waals surface area contributed by atoms with E-state index in [1.807, 2.05) is 29.7 Å². The number of benzene rings is 1. The lowest BCUT2D eigenvalue weighted by Crippen LogP contribution is -2.05. The van der Waals surface area contributed by atoms with Crippen LogP contribution in [0.5, 0.6) is 5.75 Å². The van der Waals surface area contributed by atoms with E-state index in [2.05, 4.69) is 11.6 Å². The van der Waals surface area contributed by atoms with Crippen LogP contribution in [-0.4, -0.2) is 33.5 Å². The first kappa shape index (κ1) is 14.5. The third kappa shape index (κ3) is 2.80. The molecule has 0 radical (unpaired) electrons. The molecule has 0 spiro atoms. The molecule has 5 nitrogen and oxygen atoms in total. The maximum atomic E-state index is 10.7. The van der Waals surface area contributed by atoms with Gasteiger partial charge in [-0.05, 0) is 19.1 Å². The molecule has 0 fully saturated rings. The number of carboxylic acids is 1. The third-order valence-electron chi connectivity index (χ3n) is 2.94. The Morgan fingerprint density at radius 3 is 3.00 bits per heavy atom. The topological polar surface area (TPSA) is 64.4 Å². The zero-order valence-electron chi connectivity index (χ0n) is 11.4. The Labute approximate surface area is 121 Å². The minimum Gasteiger partial charge on any atom is -0.497 e. The lowest BCUT2D eigenvalue weighted by molar-refractivity contribution is -0.133. The second-order valence-electron chi connectivity index (χ2n) is 4.28. The van der Waals surface area contributed by atoms with Crippen molar-refractivity contribution in [3.8, 4) is 5.75 Å². The molecule has 2 rings (SSSR count). The molecule has 1 heterocycles. The monoisotopic (exact) mass is 292 g/mol. The van der Waals surface area contributed by atoms with Gasteiger partial charge >= 0.3 is 5.97 Å². The highest BCUT2D eigenvalue weighted by Gasteiger charge is 2.16. The molecule has 106 valence electrons. The van der Waals surface area contributed by atoms with Crippen LogP contribution in [0.3, 0.4) is 0 Å².